The van der Waals surface area contributed by atoms with E-state index in [1.165, 1.54) is 16.0 Å². The number of nitrogens with two attached hydrogens (primary N) is 1. The van der Waals surface area contributed by atoms with E-state index in [1.54, 1.807) is 14.0 Å². The van der Waals surface area contributed by atoms with Crippen LogP contribution in [0.3, 0.4) is 0 Å². The van der Waals surface area contributed by atoms with E-state index in [0.717, 1.165) is 15.6 Å². The Bertz CT molecular complexity index is 610. The van der Waals surface area contributed by atoms with Gasteiger partial charge in [-0.15, -0.1) is 11.3 Å². The Kier molecular flexibility index (Phi) is 3.57. The van der Waals surface area contributed by atoms with Gasteiger partial charge in [-0.25, -0.2) is 9.78 Å². The second-order valence-electron chi connectivity index (χ2n) is 4.30. The molecule has 6 nitrogen and oxygen atoms in total. The maximum absolute atomic E-state index is 12.0. The van der Waals surface area contributed by atoms with Crippen LogP contribution < -0.4 is 5.73 Å². The molecule has 0 spiro atoms. The van der Waals surface area contributed by atoms with Gasteiger partial charge >= 0.3 is 5.97 Å². The summed E-state index contributed by atoms with van der Waals surface area (Å²) >= 11 is 1.52. The lowest BCUT2D eigenvalue weighted by Crippen LogP contribution is -2.12. The number of carbonyl (C=O) groups is 1. The van der Waals surface area contributed by atoms with Crippen LogP contribution in [-0.2, 0) is 18.4 Å². The molecule has 0 aliphatic heterocycles. The molecule has 2 aromatic heterocycles. The van der Waals surface area contributed by atoms with Gasteiger partial charge < -0.3 is 10.5 Å². The minimum absolute atomic E-state index is 0.155. The molecule has 0 aliphatic rings. The van der Waals surface area contributed by atoms with Gasteiger partial charge in [-0.1, -0.05) is 0 Å². The predicted molar refractivity (Wildman–Crippen MR) is 73.1 cm³/mol. The minimum Gasteiger partial charge on any atom is -0.454 e. The molecule has 0 aliphatic carbocycles. The Morgan fingerprint density at radius 3 is 2.53 bits per heavy atom. The zero-order valence-corrected chi connectivity index (χ0v) is 12.2. The van der Waals surface area contributed by atoms with E-state index in [4.69, 9.17) is 10.5 Å². The fourth-order valence-electron chi connectivity index (χ4n) is 1.71. The summed E-state index contributed by atoms with van der Waals surface area (Å²) in [5.41, 5.74) is 8.03. The maximum Gasteiger partial charge on any atom is 0.359 e. The van der Waals surface area contributed by atoms with Crippen molar-refractivity contribution < 1.29 is 9.53 Å². The Hall–Kier alpha value is -1.89. The topological polar surface area (TPSA) is 83.0 Å². The average molecular weight is 280 g/mol. The molecule has 0 unspecified atom stereocenters. The number of aromatic nitrogens is 3. The quantitative estimate of drug-likeness (QED) is 0.866. The number of ether oxygens (including phenoxy) is 1. The van der Waals surface area contributed by atoms with Crippen LogP contribution in [0.2, 0.25) is 0 Å². The first kappa shape index (κ1) is 13.5. The van der Waals surface area contributed by atoms with Crippen molar-refractivity contribution in [3.05, 3.63) is 27.0 Å². The third kappa shape index (κ3) is 2.60. The van der Waals surface area contributed by atoms with Crippen molar-refractivity contribution in [2.45, 2.75) is 27.4 Å². The monoisotopic (exact) mass is 280 g/mol. The molecule has 2 heterocycles. The first-order chi connectivity index (χ1) is 8.90. The Balaban J connectivity index is 2.09. The molecule has 0 saturated carbocycles. The molecule has 7 heteroatoms. The van der Waals surface area contributed by atoms with Crippen molar-refractivity contribution in [3.63, 3.8) is 0 Å². The summed E-state index contributed by atoms with van der Waals surface area (Å²) in [5, 5.41) is 4.86. The molecular formula is C12H16N4O2S. The fraction of sp³-hybridized carbons (Fsp3) is 0.417. The van der Waals surface area contributed by atoms with E-state index < -0.39 is 5.97 Å². The van der Waals surface area contributed by atoms with Crippen LogP contribution in [0.25, 0.3) is 0 Å². The largest absolute Gasteiger partial charge is 0.454 e. The highest BCUT2D eigenvalue weighted by molar-refractivity contribution is 7.11. The normalized spacial score (nSPS) is 10.7. The SMILES string of the molecule is Cc1nc(COC(=O)c2c(N)c(C)nn2C)sc1C. The number of aryl methyl sites for hydroxylation is 4. The number of thiazole rings is 1. The summed E-state index contributed by atoms with van der Waals surface area (Å²) in [6.07, 6.45) is 0. The van der Waals surface area contributed by atoms with Crippen molar-refractivity contribution in [2.75, 3.05) is 5.73 Å². The minimum atomic E-state index is -0.480. The van der Waals surface area contributed by atoms with E-state index in [9.17, 15) is 4.79 Å². The number of hydrogen-bond donors (Lipinski definition) is 1. The molecule has 2 N–H and O–H groups in total. The average Bonchev–Trinajstić information content (AvgIpc) is 2.78. The van der Waals surface area contributed by atoms with Crippen LogP contribution in [0, 0.1) is 20.8 Å². The van der Waals surface area contributed by atoms with Crippen LogP contribution in [0.15, 0.2) is 0 Å². The van der Waals surface area contributed by atoms with Crippen molar-refractivity contribution in [3.8, 4) is 0 Å². The van der Waals surface area contributed by atoms with Gasteiger partial charge in [0.15, 0.2) is 5.69 Å². The standard InChI is InChI=1S/C12H16N4O2S/c1-6-8(3)19-9(14-6)5-18-12(17)11-10(13)7(2)15-16(11)4/h5,13H2,1-4H3. The van der Waals surface area contributed by atoms with Gasteiger partial charge in [0.2, 0.25) is 0 Å². The highest BCUT2D eigenvalue weighted by Gasteiger charge is 2.19. The molecule has 0 saturated heterocycles. The number of hydrogen-bond acceptors (Lipinski definition) is 6. The number of rotatable bonds is 3. The third-order valence-corrected chi connectivity index (χ3v) is 3.91. The summed E-state index contributed by atoms with van der Waals surface area (Å²) in [4.78, 5) is 17.4. The van der Waals surface area contributed by atoms with E-state index in [-0.39, 0.29) is 12.3 Å². The maximum atomic E-state index is 12.0. The summed E-state index contributed by atoms with van der Waals surface area (Å²) < 4.78 is 6.66. The molecule has 0 amide bonds. The van der Waals surface area contributed by atoms with Gasteiger partial charge in [-0.2, -0.15) is 5.10 Å². The molecule has 0 radical (unpaired) electrons. The number of nitrogen functional groups attached to an aromatic ring is 1. The zero-order chi connectivity index (χ0) is 14.2. The number of esters is 1. The lowest BCUT2D eigenvalue weighted by molar-refractivity contribution is 0.0460. The molecule has 102 valence electrons. The number of anilines is 1. The van der Waals surface area contributed by atoms with Crippen LogP contribution in [-0.4, -0.2) is 20.7 Å². The lowest BCUT2D eigenvalue weighted by Gasteiger charge is -2.03. The molecule has 0 bridgehead atoms. The summed E-state index contributed by atoms with van der Waals surface area (Å²) in [6, 6.07) is 0. The van der Waals surface area contributed by atoms with Gasteiger partial charge in [0, 0.05) is 11.9 Å². The summed E-state index contributed by atoms with van der Waals surface area (Å²) in [5.74, 6) is -0.480. The van der Waals surface area contributed by atoms with Gasteiger partial charge in [0.05, 0.1) is 17.1 Å². The number of carbonyl (C=O) groups excluding carboxylic acids is 1. The van der Waals surface area contributed by atoms with Crippen LogP contribution in [0.5, 0.6) is 0 Å². The van der Waals surface area contributed by atoms with E-state index >= 15 is 0 Å². The van der Waals surface area contributed by atoms with Gasteiger partial charge in [-0.05, 0) is 20.8 Å². The van der Waals surface area contributed by atoms with Crippen LogP contribution in [0.1, 0.15) is 31.8 Å². The summed E-state index contributed by atoms with van der Waals surface area (Å²) in [6.45, 7) is 5.82. The molecule has 0 fully saturated rings. The fourth-order valence-corrected chi connectivity index (χ4v) is 2.56. The zero-order valence-electron chi connectivity index (χ0n) is 11.4. The van der Waals surface area contributed by atoms with Crippen LogP contribution >= 0.6 is 11.3 Å². The smallest absolute Gasteiger partial charge is 0.359 e. The van der Waals surface area contributed by atoms with Crippen molar-refractivity contribution in [1.82, 2.24) is 14.8 Å². The molecule has 2 aromatic rings. The van der Waals surface area contributed by atoms with Gasteiger partial charge in [0.1, 0.15) is 11.6 Å². The Labute approximate surface area is 115 Å². The highest BCUT2D eigenvalue weighted by atomic mass is 32.1. The summed E-state index contributed by atoms with van der Waals surface area (Å²) in [7, 11) is 1.66. The van der Waals surface area contributed by atoms with E-state index in [1.807, 2.05) is 13.8 Å². The van der Waals surface area contributed by atoms with Gasteiger partial charge in [-0.3, -0.25) is 4.68 Å². The third-order valence-electron chi connectivity index (χ3n) is 2.86. The van der Waals surface area contributed by atoms with Crippen molar-refractivity contribution in [1.29, 1.82) is 0 Å². The first-order valence-corrected chi connectivity index (χ1v) is 6.61. The van der Waals surface area contributed by atoms with Crippen molar-refractivity contribution >= 4 is 23.0 Å². The second kappa shape index (κ2) is 5.00. The Morgan fingerprint density at radius 1 is 1.37 bits per heavy atom. The van der Waals surface area contributed by atoms with E-state index in [0.29, 0.717) is 11.4 Å². The molecular weight excluding hydrogens is 264 g/mol. The molecule has 2 rings (SSSR count). The highest BCUT2D eigenvalue weighted by Crippen LogP contribution is 2.19. The molecule has 19 heavy (non-hydrogen) atoms. The van der Waals surface area contributed by atoms with Gasteiger partial charge in [0.25, 0.3) is 0 Å². The second-order valence-corrected chi connectivity index (χ2v) is 5.58. The van der Waals surface area contributed by atoms with Crippen LogP contribution in [0.4, 0.5) is 5.69 Å². The Morgan fingerprint density at radius 2 is 2.05 bits per heavy atom. The van der Waals surface area contributed by atoms with Crippen molar-refractivity contribution in [2.24, 2.45) is 7.05 Å². The lowest BCUT2D eigenvalue weighted by atomic mass is 10.3. The molecule has 0 aromatic carbocycles. The van der Waals surface area contributed by atoms with E-state index in [2.05, 4.69) is 10.1 Å². The molecule has 0 atom stereocenters. The number of nitrogens with zero attached hydrogens (tertiary/aromatic N) is 3. The predicted octanol–water partition coefficient (Wildman–Crippen LogP) is 1.74. The first-order valence-electron chi connectivity index (χ1n) is 5.79.